The van der Waals surface area contributed by atoms with Gasteiger partial charge in [0.2, 0.25) is 17.6 Å². The number of hydrogen-bond acceptors (Lipinski definition) is 12. The predicted molar refractivity (Wildman–Crippen MR) is 274 cm³/mol. The number of carbonyl (C=O) groups is 2. The van der Waals surface area contributed by atoms with Crippen molar-refractivity contribution in [3.05, 3.63) is 95.6 Å². The molecule has 3 saturated heterocycles. The summed E-state index contributed by atoms with van der Waals surface area (Å²) in [5, 5.41) is 31.7. The maximum absolute atomic E-state index is 14.1. The third-order valence-electron chi connectivity index (χ3n) is 14.9. The van der Waals surface area contributed by atoms with Crippen molar-refractivity contribution < 1.29 is 24.3 Å². The van der Waals surface area contributed by atoms with Crippen LogP contribution in [0.25, 0.3) is 28.3 Å². The molecule has 4 aromatic heterocycles. The Hall–Kier alpha value is -6.70. The Labute approximate surface area is 416 Å². The number of anilines is 2. The van der Waals surface area contributed by atoms with Crippen LogP contribution in [0.3, 0.4) is 0 Å². The topological polar surface area (TPSA) is 196 Å². The monoisotopic (exact) mass is 964 g/mol. The molecule has 71 heavy (non-hydrogen) atoms. The first-order valence-electron chi connectivity index (χ1n) is 25.6. The standard InChI is InChI=1S/C37H53N7O4.C18H16N4O/c1-24(2)34(32-21-33(40-48-32)43-19-12-27(13-20-43)23-42-17-14-30(45)15-18-42)37(47)44-16-6-7-31(44)36(46)39-26(4)28-8-10-29(11-9-28)35-25(3)22-38-41(35)5;19-17-13(9-8-12-4-3-5-12)10-22-11-15(20-18(22)21-17)14-6-1-2-7-16(14)23/h8-11,21-22,24,26-27,30-31,34,45H,6-7,12-20,23H2,1-5H3,(H,39,46);1-2,6-7,10-12,23H,3-5H2,(H2,19,20,21). The van der Waals surface area contributed by atoms with Gasteiger partial charge in [0.25, 0.3) is 0 Å². The van der Waals surface area contributed by atoms with Crippen molar-refractivity contribution in [1.82, 2.24) is 44.4 Å². The van der Waals surface area contributed by atoms with Crippen LogP contribution in [0.4, 0.5) is 11.6 Å². The number of benzene rings is 2. The summed E-state index contributed by atoms with van der Waals surface area (Å²) < 4.78 is 9.54. The fourth-order valence-corrected chi connectivity index (χ4v) is 10.5. The van der Waals surface area contributed by atoms with E-state index in [1.54, 1.807) is 21.4 Å². The molecule has 16 nitrogen and oxygen atoms in total. The average molecular weight is 964 g/mol. The van der Waals surface area contributed by atoms with E-state index < -0.39 is 12.0 Å². The molecular weight excluding hydrogens is 895 g/mol. The Bertz CT molecular complexity index is 2840. The van der Waals surface area contributed by atoms with E-state index in [2.05, 4.69) is 59.3 Å². The smallest absolute Gasteiger partial charge is 0.243 e. The van der Waals surface area contributed by atoms with Gasteiger partial charge in [-0.3, -0.25) is 18.7 Å². The number of phenolic OH excluding ortho intramolecular Hbond substituents is 1. The molecule has 7 heterocycles. The number of piperidine rings is 2. The SMILES string of the molecule is Cc1cnn(C)c1-c1ccc(C(C)NC(=O)C2CCCN2C(=O)C(c2cc(N3CCC(CN4CCC(O)CC4)CC3)no2)C(C)C)cc1.Nc1nc2nc(-c3ccccc3O)cn2cc1C#CC1CCC1. The van der Waals surface area contributed by atoms with E-state index in [9.17, 15) is 19.8 Å². The number of imidazole rings is 1. The van der Waals surface area contributed by atoms with E-state index in [1.807, 2.05) is 88.3 Å². The number of nitrogens with two attached hydrogens (primary N) is 1. The van der Waals surface area contributed by atoms with Gasteiger partial charge in [-0.2, -0.15) is 10.1 Å². The van der Waals surface area contributed by atoms with Crippen LogP contribution in [0.5, 0.6) is 5.75 Å². The highest BCUT2D eigenvalue weighted by molar-refractivity contribution is 5.91. The molecule has 2 aromatic carbocycles. The molecule has 0 bridgehead atoms. The van der Waals surface area contributed by atoms with Crippen LogP contribution >= 0.6 is 0 Å². The summed E-state index contributed by atoms with van der Waals surface area (Å²) in [6.07, 6.45) is 14.4. The number of nitrogens with one attached hydrogen (secondary N) is 1. The van der Waals surface area contributed by atoms with E-state index >= 15 is 0 Å². The number of para-hydroxylation sites is 1. The zero-order valence-corrected chi connectivity index (χ0v) is 41.8. The number of aryl methyl sites for hydroxylation is 2. The summed E-state index contributed by atoms with van der Waals surface area (Å²) >= 11 is 0. The van der Waals surface area contributed by atoms with Gasteiger partial charge in [-0.25, -0.2) is 4.98 Å². The van der Waals surface area contributed by atoms with Crippen LogP contribution in [-0.2, 0) is 16.6 Å². The summed E-state index contributed by atoms with van der Waals surface area (Å²) in [4.78, 5) is 43.0. The number of nitrogen functional groups attached to an aromatic ring is 1. The van der Waals surface area contributed by atoms with Crippen LogP contribution in [0.15, 0.2) is 77.7 Å². The summed E-state index contributed by atoms with van der Waals surface area (Å²) in [6, 6.07) is 16.5. The minimum Gasteiger partial charge on any atom is -0.507 e. The number of rotatable bonds is 11. The molecule has 374 valence electrons. The molecule has 0 spiro atoms. The van der Waals surface area contributed by atoms with Crippen molar-refractivity contribution in [1.29, 1.82) is 0 Å². The Balaban J connectivity index is 0.000000225. The van der Waals surface area contributed by atoms with Gasteiger partial charge in [-0.05, 0) is 100 Å². The molecule has 5 N–H and O–H groups in total. The Kier molecular flexibility index (Phi) is 15.1. The second-order valence-corrected chi connectivity index (χ2v) is 20.4. The lowest BCUT2D eigenvalue weighted by atomic mass is 9.86. The summed E-state index contributed by atoms with van der Waals surface area (Å²) in [7, 11) is 1.94. The minimum absolute atomic E-state index is 0.0167. The van der Waals surface area contributed by atoms with Gasteiger partial charge in [0, 0.05) is 81.8 Å². The van der Waals surface area contributed by atoms with Crippen LogP contribution in [0, 0.1) is 36.5 Å². The van der Waals surface area contributed by atoms with E-state index in [0.29, 0.717) is 59.0 Å². The average Bonchev–Trinajstić information content (AvgIpc) is 4.18. The second-order valence-electron chi connectivity index (χ2n) is 20.4. The normalized spacial score (nSPS) is 18.9. The number of aromatic hydroxyl groups is 1. The Morgan fingerprint density at radius 1 is 0.915 bits per heavy atom. The fourth-order valence-electron chi connectivity index (χ4n) is 10.5. The first-order chi connectivity index (χ1) is 34.3. The molecule has 2 amide bonds. The third kappa shape index (κ3) is 11.3. The van der Waals surface area contributed by atoms with Gasteiger partial charge in [-0.1, -0.05) is 73.7 Å². The predicted octanol–water partition coefficient (Wildman–Crippen LogP) is 7.50. The largest absolute Gasteiger partial charge is 0.507 e. The van der Waals surface area contributed by atoms with Gasteiger partial charge in [-0.15, -0.1) is 0 Å². The van der Waals surface area contributed by atoms with Crippen LogP contribution < -0.4 is 16.0 Å². The third-order valence-corrected chi connectivity index (χ3v) is 14.9. The molecule has 10 rings (SSSR count). The van der Waals surface area contributed by atoms with Crippen LogP contribution in [0.1, 0.15) is 113 Å². The summed E-state index contributed by atoms with van der Waals surface area (Å²) in [6.45, 7) is 13.5. The zero-order valence-electron chi connectivity index (χ0n) is 41.8. The van der Waals surface area contributed by atoms with E-state index in [0.717, 1.165) is 93.0 Å². The molecule has 4 aliphatic rings. The highest BCUT2D eigenvalue weighted by Gasteiger charge is 2.41. The highest BCUT2D eigenvalue weighted by atomic mass is 16.5. The fraction of sp³-hybridized carbons (Fsp3) is 0.491. The van der Waals surface area contributed by atoms with Crippen LogP contribution in [0.2, 0.25) is 0 Å². The number of amides is 2. The van der Waals surface area contributed by atoms with Gasteiger partial charge < -0.3 is 40.5 Å². The van der Waals surface area contributed by atoms with E-state index in [-0.39, 0.29) is 35.6 Å². The summed E-state index contributed by atoms with van der Waals surface area (Å²) in [5.41, 5.74) is 12.3. The van der Waals surface area contributed by atoms with Gasteiger partial charge in [0.15, 0.2) is 11.6 Å². The van der Waals surface area contributed by atoms with Crippen molar-refractivity contribution in [3.8, 4) is 40.1 Å². The number of aliphatic hydroxyl groups excluding tert-OH is 1. The highest BCUT2D eigenvalue weighted by Crippen LogP contribution is 2.35. The van der Waals surface area contributed by atoms with Crippen LogP contribution in [-0.4, -0.2) is 113 Å². The maximum atomic E-state index is 14.1. The second kappa shape index (κ2) is 21.7. The molecule has 1 aliphatic carbocycles. The molecule has 3 atom stereocenters. The molecule has 16 heteroatoms. The molecule has 0 radical (unpaired) electrons. The first kappa shape index (κ1) is 49.3. The Morgan fingerprint density at radius 2 is 1.66 bits per heavy atom. The lowest BCUT2D eigenvalue weighted by molar-refractivity contribution is -0.141. The number of aliphatic hydroxyl groups is 1. The number of hydrogen-bond donors (Lipinski definition) is 4. The van der Waals surface area contributed by atoms with Crippen molar-refractivity contribution in [2.75, 3.05) is 49.9 Å². The van der Waals surface area contributed by atoms with Gasteiger partial charge >= 0.3 is 0 Å². The molecule has 3 aliphatic heterocycles. The van der Waals surface area contributed by atoms with E-state index in [4.69, 9.17) is 10.3 Å². The number of aromatic nitrogens is 6. The first-order valence-corrected chi connectivity index (χ1v) is 25.6. The van der Waals surface area contributed by atoms with Crippen molar-refractivity contribution in [3.63, 3.8) is 0 Å². The molecule has 4 fully saturated rings. The lowest BCUT2D eigenvalue weighted by Gasteiger charge is -2.36. The molecular formula is C55H69N11O5. The quantitative estimate of drug-likeness (QED) is 0.0936. The van der Waals surface area contributed by atoms with Crippen molar-refractivity contribution in [2.45, 2.75) is 110 Å². The van der Waals surface area contributed by atoms with Gasteiger partial charge in [0.1, 0.15) is 23.5 Å². The minimum atomic E-state index is -0.512. The maximum Gasteiger partial charge on any atom is 0.243 e. The summed E-state index contributed by atoms with van der Waals surface area (Å²) in [5.74, 6) is 9.23. The van der Waals surface area contributed by atoms with Crippen molar-refractivity contribution >= 4 is 29.2 Å². The number of phenols is 1. The Morgan fingerprint density at radius 3 is 2.34 bits per heavy atom. The molecule has 3 unspecified atom stereocenters. The number of likely N-dealkylation sites (tertiary alicyclic amines) is 2. The molecule has 1 saturated carbocycles. The molecule has 6 aromatic rings. The zero-order chi connectivity index (χ0) is 49.8. The van der Waals surface area contributed by atoms with E-state index in [1.165, 1.54) is 19.3 Å². The van der Waals surface area contributed by atoms with Crippen molar-refractivity contribution in [2.24, 2.45) is 24.8 Å². The van der Waals surface area contributed by atoms with Gasteiger partial charge in [0.05, 0.1) is 35.3 Å². The lowest BCUT2D eigenvalue weighted by Crippen LogP contribution is -2.48. The number of nitrogens with zero attached hydrogens (tertiary/aromatic N) is 9. The number of fused-ring (bicyclic) bond motifs is 1. The number of carbonyl (C=O) groups excluding carboxylic acids is 2.